The van der Waals surface area contributed by atoms with E-state index < -0.39 is 27.3 Å². The minimum Gasteiger partial charge on any atom is -0.478 e. The molecule has 1 N–H and O–H groups in total. The highest BCUT2D eigenvalue weighted by Gasteiger charge is 2.31. The van der Waals surface area contributed by atoms with Gasteiger partial charge in [-0.25, -0.2) is 12.8 Å². The van der Waals surface area contributed by atoms with Crippen LogP contribution in [0.2, 0.25) is 0 Å². The van der Waals surface area contributed by atoms with Crippen LogP contribution >= 0.6 is 0 Å². The summed E-state index contributed by atoms with van der Waals surface area (Å²) in [5, 5.41) is 2.74. The van der Waals surface area contributed by atoms with Crippen molar-refractivity contribution in [3.63, 3.8) is 0 Å². The van der Waals surface area contributed by atoms with Crippen LogP contribution in [0.5, 0.6) is 5.75 Å². The Kier molecular flexibility index (Phi) is 6.47. The number of sulfonamides is 1. The Balaban J connectivity index is 1.78. The summed E-state index contributed by atoms with van der Waals surface area (Å²) in [7, 11) is -3.62. The van der Waals surface area contributed by atoms with Gasteiger partial charge in [0.05, 0.1) is 4.90 Å². The second-order valence-electron chi connectivity index (χ2n) is 7.97. The van der Waals surface area contributed by atoms with Gasteiger partial charge in [-0.1, -0.05) is 12.5 Å². The molecule has 1 fully saturated rings. The third-order valence-electron chi connectivity index (χ3n) is 5.11. The zero-order valence-electron chi connectivity index (χ0n) is 17.4. The molecule has 0 aliphatic carbocycles. The summed E-state index contributed by atoms with van der Waals surface area (Å²) in [6.45, 7) is 5.94. The van der Waals surface area contributed by atoms with Crippen LogP contribution in [0.25, 0.3) is 0 Å². The fraction of sp³-hybridized carbons (Fsp3) is 0.409. The number of amides is 1. The lowest BCUT2D eigenvalue weighted by molar-refractivity contribution is -0.128. The van der Waals surface area contributed by atoms with Gasteiger partial charge in [0.1, 0.15) is 11.6 Å². The second-order valence-corrected chi connectivity index (χ2v) is 9.87. The van der Waals surface area contributed by atoms with Crippen molar-refractivity contribution in [3.05, 3.63) is 53.8 Å². The summed E-state index contributed by atoms with van der Waals surface area (Å²) in [5.41, 5.74) is -0.258. The number of nitrogens with zero attached hydrogens (tertiary/aromatic N) is 1. The number of ether oxygens (including phenoxy) is 1. The van der Waals surface area contributed by atoms with Crippen LogP contribution < -0.4 is 10.1 Å². The van der Waals surface area contributed by atoms with E-state index in [2.05, 4.69) is 5.32 Å². The molecule has 3 rings (SSSR count). The number of aryl methyl sites for hydroxylation is 1. The van der Waals surface area contributed by atoms with Crippen molar-refractivity contribution in [1.29, 1.82) is 0 Å². The van der Waals surface area contributed by atoms with Gasteiger partial charge in [-0.15, -0.1) is 0 Å². The van der Waals surface area contributed by atoms with Crippen molar-refractivity contribution in [1.82, 2.24) is 4.31 Å². The first-order chi connectivity index (χ1) is 14.1. The Bertz CT molecular complexity index is 1010. The number of piperidine rings is 1. The van der Waals surface area contributed by atoms with Crippen LogP contribution in [0.3, 0.4) is 0 Å². The maximum Gasteiger partial charge on any atom is 0.267 e. The molecule has 1 saturated heterocycles. The number of halogens is 1. The van der Waals surface area contributed by atoms with Crippen molar-refractivity contribution >= 4 is 21.6 Å². The Morgan fingerprint density at radius 1 is 1.07 bits per heavy atom. The average Bonchev–Trinajstić information content (AvgIpc) is 2.71. The van der Waals surface area contributed by atoms with E-state index >= 15 is 0 Å². The normalized spacial score (nSPS) is 15.6. The van der Waals surface area contributed by atoms with Gasteiger partial charge in [-0.05, 0) is 75.6 Å². The first-order valence-corrected chi connectivity index (χ1v) is 11.4. The van der Waals surface area contributed by atoms with E-state index in [0.717, 1.165) is 19.3 Å². The second kappa shape index (κ2) is 8.73. The predicted molar refractivity (Wildman–Crippen MR) is 114 cm³/mol. The monoisotopic (exact) mass is 434 g/mol. The molecule has 0 saturated carbocycles. The number of carbonyl (C=O) groups is 1. The van der Waals surface area contributed by atoms with Crippen LogP contribution in [0, 0.1) is 12.7 Å². The molecule has 0 aromatic heterocycles. The number of hydrogen-bond acceptors (Lipinski definition) is 4. The maximum absolute atomic E-state index is 13.1. The summed E-state index contributed by atoms with van der Waals surface area (Å²) in [5.74, 6) is -0.488. The van der Waals surface area contributed by atoms with Gasteiger partial charge in [0.2, 0.25) is 10.0 Å². The molecule has 0 atom stereocenters. The molecule has 30 heavy (non-hydrogen) atoms. The molecule has 1 aliphatic heterocycles. The topological polar surface area (TPSA) is 75.7 Å². The molecule has 0 unspecified atom stereocenters. The molecule has 2 aromatic rings. The fourth-order valence-electron chi connectivity index (χ4n) is 3.33. The van der Waals surface area contributed by atoms with E-state index in [4.69, 9.17) is 4.74 Å². The fourth-order valence-corrected chi connectivity index (χ4v) is 5.09. The van der Waals surface area contributed by atoms with Gasteiger partial charge in [0.25, 0.3) is 5.91 Å². The molecule has 1 aliphatic rings. The lowest BCUT2D eigenvalue weighted by atomic mass is 10.1. The van der Waals surface area contributed by atoms with Crippen LogP contribution in [0.1, 0.15) is 38.7 Å². The minimum atomic E-state index is -3.62. The molecule has 1 amide bonds. The number of rotatable bonds is 6. The highest BCUT2D eigenvalue weighted by molar-refractivity contribution is 7.89. The number of benzene rings is 2. The third-order valence-corrected chi connectivity index (χ3v) is 7.15. The molecular formula is C22H27FN2O4S. The van der Waals surface area contributed by atoms with Gasteiger partial charge < -0.3 is 10.1 Å². The highest BCUT2D eigenvalue weighted by Crippen LogP contribution is 2.27. The first-order valence-electron chi connectivity index (χ1n) is 9.96. The Labute approximate surface area is 177 Å². The maximum atomic E-state index is 13.1. The van der Waals surface area contributed by atoms with Gasteiger partial charge >= 0.3 is 0 Å². The molecule has 0 spiro atoms. The van der Waals surface area contributed by atoms with E-state index in [1.165, 1.54) is 34.6 Å². The number of anilines is 1. The van der Waals surface area contributed by atoms with E-state index in [1.807, 2.05) is 0 Å². The predicted octanol–water partition coefficient (Wildman–Crippen LogP) is 4.10. The minimum absolute atomic E-state index is 0.194. The van der Waals surface area contributed by atoms with Crippen LogP contribution in [-0.2, 0) is 14.8 Å². The summed E-state index contributed by atoms with van der Waals surface area (Å²) in [6.07, 6.45) is 2.73. The molecule has 1 heterocycles. The largest absolute Gasteiger partial charge is 0.478 e. The number of nitrogens with one attached hydrogen (secondary N) is 1. The quantitative estimate of drug-likeness (QED) is 0.743. The molecule has 162 valence electrons. The smallest absolute Gasteiger partial charge is 0.267 e. The van der Waals surface area contributed by atoms with Gasteiger partial charge in [-0.3, -0.25) is 4.79 Å². The van der Waals surface area contributed by atoms with Crippen molar-refractivity contribution in [3.8, 4) is 5.75 Å². The molecule has 8 heteroatoms. The molecule has 0 radical (unpaired) electrons. The summed E-state index contributed by atoms with van der Waals surface area (Å²) in [4.78, 5) is 13.0. The Hall–Kier alpha value is -2.45. The van der Waals surface area contributed by atoms with Crippen molar-refractivity contribution in [2.45, 2.75) is 50.5 Å². The van der Waals surface area contributed by atoms with Crippen LogP contribution in [0.15, 0.2) is 47.4 Å². The molecule has 2 aromatic carbocycles. The van der Waals surface area contributed by atoms with Crippen molar-refractivity contribution in [2.75, 3.05) is 18.4 Å². The molecular weight excluding hydrogens is 407 g/mol. The van der Waals surface area contributed by atoms with E-state index in [0.29, 0.717) is 30.1 Å². The number of hydrogen-bond donors (Lipinski definition) is 1. The SMILES string of the molecule is Cc1ccc(NC(=O)C(C)(C)Oc2ccc(F)cc2)cc1S(=O)(=O)N1CCCCC1. The van der Waals surface area contributed by atoms with E-state index in [1.54, 1.807) is 32.9 Å². The zero-order chi connectivity index (χ0) is 21.9. The summed E-state index contributed by atoms with van der Waals surface area (Å²) < 4.78 is 46.4. The van der Waals surface area contributed by atoms with E-state index in [-0.39, 0.29) is 4.90 Å². The Morgan fingerprint density at radius 2 is 1.70 bits per heavy atom. The van der Waals surface area contributed by atoms with Gasteiger partial charge in [-0.2, -0.15) is 4.31 Å². The van der Waals surface area contributed by atoms with Crippen LogP contribution in [0.4, 0.5) is 10.1 Å². The first kappa shape index (κ1) is 22.2. The summed E-state index contributed by atoms with van der Waals surface area (Å²) >= 11 is 0. The molecule has 0 bridgehead atoms. The lowest BCUT2D eigenvalue weighted by Crippen LogP contribution is -2.42. The molecule has 6 nitrogen and oxygen atoms in total. The average molecular weight is 435 g/mol. The zero-order valence-corrected chi connectivity index (χ0v) is 18.3. The third kappa shape index (κ3) is 4.99. The van der Waals surface area contributed by atoms with E-state index in [9.17, 15) is 17.6 Å². The Morgan fingerprint density at radius 3 is 2.33 bits per heavy atom. The number of carbonyl (C=O) groups excluding carboxylic acids is 1. The van der Waals surface area contributed by atoms with Gasteiger partial charge in [0.15, 0.2) is 5.60 Å². The lowest BCUT2D eigenvalue weighted by Gasteiger charge is -2.27. The van der Waals surface area contributed by atoms with Crippen molar-refractivity contribution in [2.24, 2.45) is 0 Å². The standard InChI is InChI=1S/C22H27FN2O4S/c1-16-7-10-18(15-20(16)30(27,28)25-13-5-4-6-14-25)24-21(26)22(2,3)29-19-11-8-17(23)9-12-19/h7-12,15H,4-6,13-14H2,1-3H3,(H,24,26). The van der Waals surface area contributed by atoms with Crippen molar-refractivity contribution < 1.29 is 22.3 Å². The highest BCUT2D eigenvalue weighted by atomic mass is 32.2. The summed E-state index contributed by atoms with van der Waals surface area (Å²) in [6, 6.07) is 10.2. The van der Waals surface area contributed by atoms with Gasteiger partial charge in [0, 0.05) is 18.8 Å². The van der Waals surface area contributed by atoms with Crippen LogP contribution in [-0.4, -0.2) is 37.3 Å².